The molecule has 4 rings (SSSR count). The van der Waals surface area contributed by atoms with Crippen LogP contribution in [0.4, 0.5) is 10.5 Å². The highest BCUT2D eigenvalue weighted by Gasteiger charge is 2.36. The standard InChI is InChI=1S/C24H18N2O6S/c1-14-7-8-15(23(29)30)11-18(14)19-10-9-17(32-19)12-20-22(28)26(24(31)33-20)13-21(27)25-16-5-3-2-4-6-16/h2-12H,13H2,1H3,(H,25,27)(H,29,30)/p-1/b20-12-. The number of aryl methyl sites for hydroxylation is 1. The quantitative estimate of drug-likeness (QED) is 0.559. The number of amides is 3. The van der Waals surface area contributed by atoms with Crippen LogP contribution < -0.4 is 10.4 Å². The van der Waals surface area contributed by atoms with Crippen LogP contribution in [-0.2, 0) is 9.59 Å². The monoisotopic (exact) mass is 461 g/mol. The molecule has 166 valence electrons. The number of thioether (sulfide) groups is 1. The number of para-hydroxylation sites is 1. The van der Waals surface area contributed by atoms with Gasteiger partial charge in [0.15, 0.2) is 0 Å². The minimum Gasteiger partial charge on any atom is -0.545 e. The van der Waals surface area contributed by atoms with E-state index in [1.54, 1.807) is 48.5 Å². The van der Waals surface area contributed by atoms with Gasteiger partial charge in [0.05, 0.1) is 10.9 Å². The predicted octanol–water partition coefficient (Wildman–Crippen LogP) is 3.29. The number of nitrogens with one attached hydrogen (secondary N) is 1. The molecule has 1 saturated heterocycles. The summed E-state index contributed by atoms with van der Waals surface area (Å²) in [6.45, 7) is 1.40. The summed E-state index contributed by atoms with van der Waals surface area (Å²) in [6, 6.07) is 16.5. The minimum atomic E-state index is -1.30. The molecule has 0 bridgehead atoms. The number of imide groups is 1. The molecule has 9 heteroatoms. The molecule has 2 aromatic carbocycles. The van der Waals surface area contributed by atoms with Crippen molar-refractivity contribution in [3.05, 3.63) is 82.5 Å². The summed E-state index contributed by atoms with van der Waals surface area (Å²) in [5.41, 5.74) is 1.95. The van der Waals surface area contributed by atoms with E-state index in [2.05, 4.69) is 5.32 Å². The first-order valence-corrected chi connectivity index (χ1v) is 10.7. The van der Waals surface area contributed by atoms with Crippen molar-refractivity contribution in [1.82, 2.24) is 4.90 Å². The van der Waals surface area contributed by atoms with Crippen molar-refractivity contribution in [2.45, 2.75) is 6.92 Å². The van der Waals surface area contributed by atoms with Crippen molar-refractivity contribution in [2.75, 3.05) is 11.9 Å². The van der Waals surface area contributed by atoms with Crippen LogP contribution in [0.15, 0.2) is 70.0 Å². The number of nitrogens with zero attached hydrogens (tertiary/aromatic N) is 1. The summed E-state index contributed by atoms with van der Waals surface area (Å²) in [5, 5.41) is 13.2. The van der Waals surface area contributed by atoms with E-state index in [4.69, 9.17) is 4.42 Å². The van der Waals surface area contributed by atoms with E-state index in [0.717, 1.165) is 10.5 Å². The van der Waals surface area contributed by atoms with E-state index < -0.39 is 29.6 Å². The van der Waals surface area contributed by atoms with E-state index in [1.165, 1.54) is 18.2 Å². The zero-order chi connectivity index (χ0) is 23.5. The number of rotatable bonds is 6. The first kappa shape index (κ1) is 22.1. The van der Waals surface area contributed by atoms with Gasteiger partial charge in [-0.2, -0.15) is 0 Å². The molecule has 0 spiro atoms. The molecule has 2 heterocycles. The average molecular weight is 461 g/mol. The third kappa shape index (κ3) is 4.88. The molecule has 3 aromatic rings. The number of carboxylic acid groups (broad SMARTS) is 1. The number of carbonyl (C=O) groups excluding carboxylic acids is 4. The van der Waals surface area contributed by atoms with Crippen LogP contribution >= 0.6 is 11.8 Å². The second-order valence-electron chi connectivity index (χ2n) is 7.20. The smallest absolute Gasteiger partial charge is 0.294 e. The third-order valence-electron chi connectivity index (χ3n) is 4.87. The van der Waals surface area contributed by atoms with Gasteiger partial charge in [0, 0.05) is 17.3 Å². The summed E-state index contributed by atoms with van der Waals surface area (Å²) in [4.78, 5) is 49.4. The average Bonchev–Trinajstić information content (AvgIpc) is 3.35. The number of anilines is 1. The molecule has 0 atom stereocenters. The van der Waals surface area contributed by atoms with Gasteiger partial charge in [-0.3, -0.25) is 19.3 Å². The van der Waals surface area contributed by atoms with Gasteiger partial charge in [0.2, 0.25) is 5.91 Å². The van der Waals surface area contributed by atoms with Crippen molar-refractivity contribution in [3.8, 4) is 11.3 Å². The van der Waals surface area contributed by atoms with Gasteiger partial charge in [-0.25, -0.2) is 0 Å². The minimum absolute atomic E-state index is 0.0171. The molecule has 1 N–H and O–H groups in total. The zero-order valence-electron chi connectivity index (χ0n) is 17.4. The number of hydrogen-bond acceptors (Lipinski definition) is 7. The number of benzene rings is 2. The highest BCUT2D eigenvalue weighted by atomic mass is 32.2. The maximum absolute atomic E-state index is 12.7. The Kier molecular flexibility index (Phi) is 6.14. The van der Waals surface area contributed by atoms with Crippen LogP contribution in [0, 0.1) is 6.92 Å². The van der Waals surface area contributed by atoms with Gasteiger partial charge in [0.1, 0.15) is 18.1 Å². The molecular formula is C24H17N2O6S-. The number of carboxylic acids is 1. The lowest BCUT2D eigenvalue weighted by Gasteiger charge is -2.12. The molecule has 33 heavy (non-hydrogen) atoms. The molecule has 0 saturated carbocycles. The number of carbonyl (C=O) groups is 4. The van der Waals surface area contributed by atoms with E-state index in [-0.39, 0.29) is 10.5 Å². The van der Waals surface area contributed by atoms with Crippen molar-refractivity contribution >= 4 is 46.5 Å². The Hall–Kier alpha value is -4.11. The highest BCUT2D eigenvalue weighted by molar-refractivity contribution is 8.18. The lowest BCUT2D eigenvalue weighted by molar-refractivity contribution is -0.255. The topological polar surface area (TPSA) is 120 Å². The van der Waals surface area contributed by atoms with Gasteiger partial charge in [0.25, 0.3) is 11.1 Å². The summed E-state index contributed by atoms with van der Waals surface area (Å²) in [5.74, 6) is -1.67. The maximum atomic E-state index is 12.7. The molecule has 1 aliphatic rings. The SMILES string of the molecule is Cc1ccc(C(=O)[O-])cc1-c1ccc(/C=C2\SC(=O)N(CC(=O)Nc3ccccc3)C2=O)o1. The lowest BCUT2D eigenvalue weighted by atomic mass is 10.0. The fraction of sp³-hybridized carbons (Fsp3) is 0.0833. The van der Waals surface area contributed by atoms with Crippen molar-refractivity contribution in [2.24, 2.45) is 0 Å². The summed E-state index contributed by atoms with van der Waals surface area (Å²) in [7, 11) is 0. The maximum Gasteiger partial charge on any atom is 0.294 e. The van der Waals surface area contributed by atoms with Crippen LogP contribution in [0.25, 0.3) is 17.4 Å². The zero-order valence-corrected chi connectivity index (χ0v) is 18.2. The van der Waals surface area contributed by atoms with Gasteiger partial charge < -0.3 is 19.6 Å². The molecule has 1 aromatic heterocycles. The van der Waals surface area contributed by atoms with Crippen molar-refractivity contribution in [1.29, 1.82) is 0 Å². The van der Waals surface area contributed by atoms with Crippen molar-refractivity contribution < 1.29 is 28.7 Å². The molecule has 1 aliphatic heterocycles. The molecule has 3 amide bonds. The number of aromatic carboxylic acids is 1. The number of hydrogen-bond donors (Lipinski definition) is 1. The first-order chi connectivity index (χ1) is 15.8. The molecule has 0 radical (unpaired) electrons. The normalized spacial score (nSPS) is 14.7. The Labute approximate surface area is 192 Å². The Morgan fingerprint density at radius 3 is 2.58 bits per heavy atom. The van der Waals surface area contributed by atoms with Crippen LogP contribution in [0.3, 0.4) is 0 Å². The lowest BCUT2D eigenvalue weighted by Crippen LogP contribution is -2.36. The summed E-state index contributed by atoms with van der Waals surface area (Å²) >= 11 is 0.712. The predicted molar refractivity (Wildman–Crippen MR) is 121 cm³/mol. The second-order valence-corrected chi connectivity index (χ2v) is 8.19. The Morgan fingerprint density at radius 1 is 1.09 bits per heavy atom. The van der Waals surface area contributed by atoms with Crippen LogP contribution in [0.1, 0.15) is 21.7 Å². The molecular weight excluding hydrogens is 444 g/mol. The molecule has 8 nitrogen and oxygen atoms in total. The second kappa shape index (κ2) is 9.17. The van der Waals surface area contributed by atoms with Gasteiger partial charge in [-0.1, -0.05) is 30.3 Å². The largest absolute Gasteiger partial charge is 0.545 e. The first-order valence-electron chi connectivity index (χ1n) is 9.84. The summed E-state index contributed by atoms with van der Waals surface area (Å²) in [6.07, 6.45) is 1.42. The van der Waals surface area contributed by atoms with E-state index in [1.807, 2.05) is 6.92 Å². The van der Waals surface area contributed by atoms with E-state index >= 15 is 0 Å². The Morgan fingerprint density at radius 2 is 1.85 bits per heavy atom. The van der Waals surface area contributed by atoms with Gasteiger partial charge >= 0.3 is 0 Å². The third-order valence-corrected chi connectivity index (χ3v) is 5.78. The van der Waals surface area contributed by atoms with Crippen LogP contribution in [0.2, 0.25) is 0 Å². The fourth-order valence-electron chi connectivity index (χ4n) is 3.22. The Balaban J connectivity index is 1.49. The molecule has 0 aliphatic carbocycles. The van der Waals surface area contributed by atoms with Gasteiger partial charge in [-0.15, -0.1) is 0 Å². The fourth-order valence-corrected chi connectivity index (χ4v) is 4.04. The Bertz CT molecular complexity index is 1300. The molecule has 1 fully saturated rings. The van der Waals surface area contributed by atoms with Crippen molar-refractivity contribution in [3.63, 3.8) is 0 Å². The van der Waals surface area contributed by atoms with E-state index in [9.17, 15) is 24.3 Å². The molecule has 0 unspecified atom stereocenters. The van der Waals surface area contributed by atoms with Crippen LogP contribution in [0.5, 0.6) is 0 Å². The highest BCUT2D eigenvalue weighted by Crippen LogP contribution is 2.34. The van der Waals surface area contributed by atoms with Crippen LogP contribution in [-0.4, -0.2) is 34.5 Å². The summed E-state index contributed by atoms with van der Waals surface area (Å²) < 4.78 is 5.76. The number of furan rings is 1. The van der Waals surface area contributed by atoms with Gasteiger partial charge in [-0.05, 0) is 60.1 Å². The van der Waals surface area contributed by atoms with E-state index in [0.29, 0.717) is 34.5 Å².